The van der Waals surface area contributed by atoms with E-state index in [2.05, 4.69) is 20.9 Å². The fourth-order valence-electron chi connectivity index (χ4n) is 2.92. The molecule has 130 valence electrons. The average molecular weight is 356 g/mol. The first kappa shape index (κ1) is 17.5. The maximum atomic E-state index is 12.1. The highest BCUT2D eigenvalue weighted by atomic mass is 35.5. The molecule has 0 radical (unpaired) electrons. The number of amides is 1. The highest BCUT2D eigenvalue weighted by molar-refractivity contribution is 6.31. The molecule has 1 heterocycles. The van der Waals surface area contributed by atoms with Gasteiger partial charge in [0.15, 0.2) is 0 Å². The zero-order chi connectivity index (χ0) is 17.8. The third kappa shape index (κ3) is 4.20. The van der Waals surface area contributed by atoms with Crippen LogP contribution in [-0.4, -0.2) is 22.0 Å². The lowest BCUT2D eigenvalue weighted by atomic mass is 10.1. The van der Waals surface area contributed by atoms with Gasteiger partial charge in [-0.1, -0.05) is 35.9 Å². The van der Waals surface area contributed by atoms with Gasteiger partial charge in [-0.05, 0) is 49.6 Å². The van der Waals surface area contributed by atoms with E-state index in [0.717, 1.165) is 33.0 Å². The Kier molecular flexibility index (Phi) is 5.39. The van der Waals surface area contributed by atoms with Crippen LogP contribution in [0.3, 0.4) is 0 Å². The van der Waals surface area contributed by atoms with Gasteiger partial charge in [-0.15, -0.1) is 0 Å². The molecule has 0 spiro atoms. The predicted octanol–water partition coefficient (Wildman–Crippen LogP) is 4.06. The van der Waals surface area contributed by atoms with E-state index in [1.165, 1.54) is 0 Å². The summed E-state index contributed by atoms with van der Waals surface area (Å²) in [7, 11) is 0. The van der Waals surface area contributed by atoms with Gasteiger partial charge in [0.05, 0.1) is 11.0 Å². The van der Waals surface area contributed by atoms with E-state index in [4.69, 9.17) is 11.6 Å². The van der Waals surface area contributed by atoms with Crippen LogP contribution in [0.5, 0.6) is 0 Å². The molecule has 3 aromatic rings. The number of nitrogens with zero attached hydrogens (tertiary/aromatic N) is 2. The molecule has 0 unspecified atom stereocenters. The SMILES string of the molecule is Cc1ccc(CCC(=O)NCCn2c(C)nc3ccccc32)cc1Cl. The van der Waals surface area contributed by atoms with Crippen molar-refractivity contribution in [2.24, 2.45) is 0 Å². The van der Waals surface area contributed by atoms with Crippen molar-refractivity contribution in [3.8, 4) is 0 Å². The molecule has 0 aliphatic carbocycles. The number of halogens is 1. The van der Waals surface area contributed by atoms with Crippen molar-refractivity contribution in [2.75, 3.05) is 6.54 Å². The van der Waals surface area contributed by atoms with Crippen LogP contribution in [0.1, 0.15) is 23.4 Å². The lowest BCUT2D eigenvalue weighted by Gasteiger charge is -2.09. The lowest BCUT2D eigenvalue weighted by Crippen LogP contribution is -2.27. The van der Waals surface area contributed by atoms with Crippen molar-refractivity contribution < 1.29 is 4.79 Å². The number of nitrogens with one attached hydrogen (secondary N) is 1. The van der Waals surface area contributed by atoms with Crippen LogP contribution in [0.4, 0.5) is 0 Å². The van der Waals surface area contributed by atoms with E-state index in [1.54, 1.807) is 0 Å². The molecule has 25 heavy (non-hydrogen) atoms. The van der Waals surface area contributed by atoms with Crippen LogP contribution < -0.4 is 5.32 Å². The normalized spacial score (nSPS) is 11.0. The summed E-state index contributed by atoms with van der Waals surface area (Å²) in [6.45, 7) is 5.27. The first-order valence-electron chi connectivity index (χ1n) is 8.48. The number of rotatable bonds is 6. The molecule has 0 aliphatic rings. The molecule has 0 saturated heterocycles. The summed E-state index contributed by atoms with van der Waals surface area (Å²) >= 11 is 6.12. The molecule has 4 nitrogen and oxygen atoms in total. The smallest absolute Gasteiger partial charge is 0.220 e. The largest absolute Gasteiger partial charge is 0.354 e. The van der Waals surface area contributed by atoms with E-state index in [0.29, 0.717) is 25.9 Å². The van der Waals surface area contributed by atoms with Crippen LogP contribution in [0.25, 0.3) is 11.0 Å². The number of carbonyl (C=O) groups is 1. The number of hydrogen-bond acceptors (Lipinski definition) is 2. The Morgan fingerprint density at radius 1 is 1.20 bits per heavy atom. The molecule has 0 saturated carbocycles. The molecule has 0 aliphatic heterocycles. The highest BCUT2D eigenvalue weighted by Crippen LogP contribution is 2.18. The molecule has 0 bridgehead atoms. The maximum Gasteiger partial charge on any atom is 0.220 e. The summed E-state index contributed by atoms with van der Waals surface area (Å²) in [5.41, 5.74) is 4.23. The second kappa shape index (κ2) is 7.70. The minimum atomic E-state index is 0.0544. The van der Waals surface area contributed by atoms with Gasteiger partial charge < -0.3 is 9.88 Å². The number of para-hydroxylation sites is 2. The Balaban J connectivity index is 1.50. The summed E-state index contributed by atoms with van der Waals surface area (Å²) in [5, 5.41) is 3.74. The molecule has 3 rings (SSSR count). The van der Waals surface area contributed by atoms with Gasteiger partial charge in [0.2, 0.25) is 5.91 Å². The molecule has 1 N–H and O–H groups in total. The second-order valence-corrected chi connectivity index (χ2v) is 6.64. The van der Waals surface area contributed by atoms with E-state index in [9.17, 15) is 4.79 Å². The summed E-state index contributed by atoms with van der Waals surface area (Å²) in [5.74, 6) is 1.02. The van der Waals surface area contributed by atoms with Crippen LogP contribution in [0.2, 0.25) is 5.02 Å². The Bertz CT molecular complexity index is 901. The van der Waals surface area contributed by atoms with E-state index in [1.807, 2.05) is 50.2 Å². The van der Waals surface area contributed by atoms with Crippen molar-refractivity contribution in [2.45, 2.75) is 33.2 Å². The van der Waals surface area contributed by atoms with Crippen LogP contribution >= 0.6 is 11.6 Å². The average Bonchev–Trinajstić information content (AvgIpc) is 2.92. The molecule has 1 aromatic heterocycles. The van der Waals surface area contributed by atoms with Gasteiger partial charge in [0.1, 0.15) is 5.82 Å². The van der Waals surface area contributed by atoms with E-state index < -0.39 is 0 Å². The molecule has 0 fully saturated rings. The zero-order valence-electron chi connectivity index (χ0n) is 14.6. The second-order valence-electron chi connectivity index (χ2n) is 6.23. The summed E-state index contributed by atoms with van der Waals surface area (Å²) in [6.07, 6.45) is 1.15. The molecule has 1 amide bonds. The number of aromatic nitrogens is 2. The Morgan fingerprint density at radius 2 is 2.00 bits per heavy atom. The minimum absolute atomic E-state index is 0.0544. The van der Waals surface area contributed by atoms with Crippen molar-refractivity contribution in [1.82, 2.24) is 14.9 Å². The minimum Gasteiger partial charge on any atom is -0.354 e. The van der Waals surface area contributed by atoms with Gasteiger partial charge in [0, 0.05) is 24.5 Å². The fraction of sp³-hybridized carbons (Fsp3) is 0.300. The first-order chi connectivity index (χ1) is 12.0. The van der Waals surface area contributed by atoms with Gasteiger partial charge in [-0.25, -0.2) is 4.98 Å². The number of benzene rings is 2. The Labute approximate surface area is 152 Å². The van der Waals surface area contributed by atoms with Crippen LogP contribution in [-0.2, 0) is 17.8 Å². The standard InChI is InChI=1S/C20H22ClN3O/c1-14-7-8-16(13-17(14)21)9-10-20(25)22-11-12-24-15(2)23-18-5-3-4-6-19(18)24/h3-8,13H,9-12H2,1-2H3,(H,22,25). The fourth-order valence-corrected chi connectivity index (χ4v) is 3.13. The summed E-state index contributed by atoms with van der Waals surface area (Å²) in [6, 6.07) is 14.0. The van der Waals surface area contributed by atoms with Gasteiger partial charge >= 0.3 is 0 Å². The lowest BCUT2D eigenvalue weighted by molar-refractivity contribution is -0.121. The highest BCUT2D eigenvalue weighted by Gasteiger charge is 2.07. The number of fused-ring (bicyclic) bond motifs is 1. The molecular formula is C20H22ClN3O. The predicted molar refractivity (Wildman–Crippen MR) is 102 cm³/mol. The monoisotopic (exact) mass is 355 g/mol. The van der Waals surface area contributed by atoms with Crippen LogP contribution in [0.15, 0.2) is 42.5 Å². The van der Waals surface area contributed by atoms with Crippen LogP contribution in [0, 0.1) is 13.8 Å². The van der Waals surface area contributed by atoms with Gasteiger partial charge in [-0.3, -0.25) is 4.79 Å². The van der Waals surface area contributed by atoms with Gasteiger partial charge in [0.25, 0.3) is 0 Å². The Hall–Kier alpha value is -2.33. The zero-order valence-corrected chi connectivity index (χ0v) is 15.3. The summed E-state index contributed by atoms with van der Waals surface area (Å²) in [4.78, 5) is 16.6. The van der Waals surface area contributed by atoms with Crippen molar-refractivity contribution in [1.29, 1.82) is 0 Å². The van der Waals surface area contributed by atoms with Gasteiger partial charge in [-0.2, -0.15) is 0 Å². The third-order valence-electron chi connectivity index (χ3n) is 4.38. The van der Waals surface area contributed by atoms with Crippen molar-refractivity contribution in [3.63, 3.8) is 0 Å². The molecule has 0 atom stereocenters. The summed E-state index contributed by atoms with van der Waals surface area (Å²) < 4.78 is 2.13. The Morgan fingerprint density at radius 3 is 2.80 bits per heavy atom. The molecule has 5 heteroatoms. The molecule has 2 aromatic carbocycles. The number of hydrogen-bond donors (Lipinski definition) is 1. The number of carbonyl (C=O) groups excluding carboxylic acids is 1. The molecular weight excluding hydrogens is 334 g/mol. The quantitative estimate of drug-likeness (QED) is 0.725. The van der Waals surface area contributed by atoms with Crippen molar-refractivity contribution in [3.05, 3.63) is 64.4 Å². The van der Waals surface area contributed by atoms with E-state index in [-0.39, 0.29) is 5.91 Å². The topological polar surface area (TPSA) is 46.9 Å². The van der Waals surface area contributed by atoms with E-state index >= 15 is 0 Å². The third-order valence-corrected chi connectivity index (χ3v) is 4.79. The van der Waals surface area contributed by atoms with Crippen molar-refractivity contribution >= 4 is 28.5 Å². The number of imidazole rings is 1. The maximum absolute atomic E-state index is 12.1. The number of aryl methyl sites for hydroxylation is 3. The first-order valence-corrected chi connectivity index (χ1v) is 8.86.